The highest BCUT2D eigenvalue weighted by molar-refractivity contribution is 5.58. The molecule has 0 saturated carbocycles. The second kappa shape index (κ2) is 5.22. The van der Waals surface area contributed by atoms with Crippen molar-refractivity contribution in [1.29, 1.82) is 0 Å². The predicted octanol–water partition coefficient (Wildman–Crippen LogP) is 3.63. The second-order valence-electron chi connectivity index (χ2n) is 4.49. The molecule has 0 spiro atoms. The van der Waals surface area contributed by atoms with Gasteiger partial charge in [-0.2, -0.15) is 0 Å². The summed E-state index contributed by atoms with van der Waals surface area (Å²) in [7, 11) is 0. The van der Waals surface area contributed by atoms with E-state index in [2.05, 4.69) is 17.4 Å². The van der Waals surface area contributed by atoms with E-state index in [1.54, 1.807) is 0 Å². The van der Waals surface area contributed by atoms with Gasteiger partial charge in [0.05, 0.1) is 18.8 Å². The first-order valence-corrected chi connectivity index (χ1v) is 6.59. The van der Waals surface area contributed by atoms with Crippen LogP contribution in [0.2, 0.25) is 0 Å². The van der Waals surface area contributed by atoms with Gasteiger partial charge in [-0.25, -0.2) is 0 Å². The molecule has 1 aliphatic rings. The van der Waals surface area contributed by atoms with Crippen LogP contribution in [0.3, 0.4) is 0 Å². The van der Waals surface area contributed by atoms with Crippen molar-refractivity contribution in [3.8, 4) is 11.5 Å². The summed E-state index contributed by atoms with van der Waals surface area (Å²) < 4.78 is 11.5. The van der Waals surface area contributed by atoms with Crippen molar-refractivity contribution in [2.24, 2.45) is 0 Å². The molecule has 0 aromatic heterocycles. The molecule has 0 saturated heterocycles. The minimum Gasteiger partial charge on any atom is -0.494 e. The molecular formula is C16H17NO2. The molecule has 0 amide bonds. The zero-order valence-corrected chi connectivity index (χ0v) is 10.9. The average Bonchev–Trinajstić information content (AvgIpc) is 2.48. The lowest BCUT2D eigenvalue weighted by atomic mass is 10.1. The summed E-state index contributed by atoms with van der Waals surface area (Å²) in [5, 5.41) is 3.39. The van der Waals surface area contributed by atoms with Gasteiger partial charge in [0, 0.05) is 0 Å². The Bertz CT molecular complexity index is 551. The molecular weight excluding hydrogens is 238 g/mol. The van der Waals surface area contributed by atoms with Gasteiger partial charge in [0.25, 0.3) is 0 Å². The molecule has 0 fully saturated rings. The van der Waals surface area contributed by atoms with Gasteiger partial charge in [0.15, 0.2) is 0 Å². The first kappa shape index (κ1) is 11.9. The average molecular weight is 255 g/mol. The Labute approximate surface area is 113 Å². The van der Waals surface area contributed by atoms with Crippen LogP contribution >= 0.6 is 0 Å². The largest absolute Gasteiger partial charge is 0.494 e. The number of benzene rings is 2. The number of rotatable bonds is 3. The van der Waals surface area contributed by atoms with E-state index in [1.165, 1.54) is 0 Å². The van der Waals surface area contributed by atoms with Crippen LogP contribution in [0.15, 0.2) is 48.5 Å². The molecule has 0 bridgehead atoms. The standard InChI is InChI=1S/C16H17NO2/c1-2-18-13-9-7-12(8-10-13)16-11-17-14-5-3-4-6-15(14)19-16/h3-10,16-17H,2,11H2,1H3. The van der Waals surface area contributed by atoms with Crippen molar-refractivity contribution < 1.29 is 9.47 Å². The number of fused-ring (bicyclic) bond motifs is 1. The molecule has 3 heteroatoms. The Hall–Kier alpha value is -2.16. The minimum atomic E-state index is 0.0468. The van der Waals surface area contributed by atoms with E-state index in [4.69, 9.17) is 9.47 Å². The van der Waals surface area contributed by atoms with Crippen LogP contribution in [0.1, 0.15) is 18.6 Å². The Morgan fingerprint density at radius 3 is 2.74 bits per heavy atom. The third kappa shape index (κ3) is 2.50. The predicted molar refractivity (Wildman–Crippen MR) is 75.9 cm³/mol. The summed E-state index contributed by atoms with van der Waals surface area (Å²) in [4.78, 5) is 0. The van der Waals surface area contributed by atoms with E-state index < -0.39 is 0 Å². The van der Waals surface area contributed by atoms with E-state index in [1.807, 2.05) is 43.3 Å². The molecule has 1 atom stereocenters. The lowest BCUT2D eigenvalue weighted by Gasteiger charge is -2.27. The zero-order valence-electron chi connectivity index (χ0n) is 10.9. The van der Waals surface area contributed by atoms with Gasteiger partial charge < -0.3 is 14.8 Å². The van der Waals surface area contributed by atoms with Crippen molar-refractivity contribution >= 4 is 5.69 Å². The fraction of sp³-hybridized carbons (Fsp3) is 0.250. The van der Waals surface area contributed by atoms with Crippen LogP contribution in [-0.4, -0.2) is 13.2 Å². The van der Waals surface area contributed by atoms with Crippen LogP contribution in [0.25, 0.3) is 0 Å². The quantitative estimate of drug-likeness (QED) is 0.908. The van der Waals surface area contributed by atoms with E-state index in [-0.39, 0.29) is 6.10 Å². The van der Waals surface area contributed by atoms with Gasteiger partial charge in [-0.1, -0.05) is 24.3 Å². The number of nitrogens with one attached hydrogen (secondary N) is 1. The summed E-state index contributed by atoms with van der Waals surface area (Å²) in [6.45, 7) is 3.46. The fourth-order valence-corrected chi connectivity index (χ4v) is 2.24. The van der Waals surface area contributed by atoms with Crippen molar-refractivity contribution in [1.82, 2.24) is 0 Å². The summed E-state index contributed by atoms with van der Waals surface area (Å²) in [5.41, 5.74) is 2.22. The second-order valence-corrected chi connectivity index (χ2v) is 4.49. The molecule has 0 radical (unpaired) electrons. The van der Waals surface area contributed by atoms with E-state index in [0.717, 1.165) is 29.3 Å². The third-order valence-electron chi connectivity index (χ3n) is 3.20. The Morgan fingerprint density at radius 1 is 1.16 bits per heavy atom. The molecule has 1 aliphatic heterocycles. The molecule has 2 aromatic rings. The monoisotopic (exact) mass is 255 g/mol. The summed E-state index contributed by atoms with van der Waals surface area (Å²) in [6.07, 6.45) is 0.0468. The SMILES string of the molecule is CCOc1ccc(C2CNc3ccccc3O2)cc1. The highest BCUT2D eigenvalue weighted by Gasteiger charge is 2.20. The first-order valence-electron chi connectivity index (χ1n) is 6.59. The van der Waals surface area contributed by atoms with Gasteiger partial charge in [-0.3, -0.25) is 0 Å². The molecule has 1 heterocycles. The maximum absolute atomic E-state index is 6.01. The van der Waals surface area contributed by atoms with Gasteiger partial charge in [-0.05, 0) is 36.8 Å². The molecule has 19 heavy (non-hydrogen) atoms. The van der Waals surface area contributed by atoms with Crippen molar-refractivity contribution in [3.63, 3.8) is 0 Å². The van der Waals surface area contributed by atoms with Gasteiger partial charge >= 0.3 is 0 Å². The van der Waals surface area contributed by atoms with Gasteiger partial charge in [-0.15, -0.1) is 0 Å². The number of hydrogen-bond donors (Lipinski definition) is 1. The van der Waals surface area contributed by atoms with E-state index in [9.17, 15) is 0 Å². The summed E-state index contributed by atoms with van der Waals surface area (Å²) in [5.74, 6) is 1.81. The van der Waals surface area contributed by atoms with Crippen LogP contribution in [-0.2, 0) is 0 Å². The Morgan fingerprint density at radius 2 is 1.95 bits per heavy atom. The highest BCUT2D eigenvalue weighted by atomic mass is 16.5. The molecule has 0 aliphatic carbocycles. The highest BCUT2D eigenvalue weighted by Crippen LogP contribution is 2.33. The number of hydrogen-bond acceptors (Lipinski definition) is 3. The number of anilines is 1. The molecule has 1 N–H and O–H groups in total. The maximum atomic E-state index is 6.01. The van der Waals surface area contributed by atoms with Crippen molar-refractivity contribution in [2.45, 2.75) is 13.0 Å². The number of para-hydroxylation sites is 2. The Balaban J connectivity index is 1.77. The fourth-order valence-electron chi connectivity index (χ4n) is 2.24. The van der Waals surface area contributed by atoms with Gasteiger partial charge in [0.1, 0.15) is 17.6 Å². The van der Waals surface area contributed by atoms with E-state index in [0.29, 0.717) is 6.61 Å². The van der Waals surface area contributed by atoms with Gasteiger partial charge in [0.2, 0.25) is 0 Å². The minimum absolute atomic E-state index is 0.0468. The topological polar surface area (TPSA) is 30.5 Å². The molecule has 2 aromatic carbocycles. The molecule has 98 valence electrons. The molecule has 3 nitrogen and oxygen atoms in total. The van der Waals surface area contributed by atoms with Crippen LogP contribution in [0, 0.1) is 0 Å². The first-order chi connectivity index (χ1) is 9.36. The van der Waals surface area contributed by atoms with Crippen molar-refractivity contribution in [3.05, 3.63) is 54.1 Å². The summed E-state index contributed by atoms with van der Waals surface area (Å²) >= 11 is 0. The zero-order chi connectivity index (χ0) is 13.1. The van der Waals surface area contributed by atoms with Crippen LogP contribution in [0.5, 0.6) is 11.5 Å². The summed E-state index contributed by atoms with van der Waals surface area (Å²) in [6, 6.07) is 16.1. The van der Waals surface area contributed by atoms with Crippen LogP contribution in [0.4, 0.5) is 5.69 Å². The van der Waals surface area contributed by atoms with E-state index >= 15 is 0 Å². The smallest absolute Gasteiger partial charge is 0.143 e. The maximum Gasteiger partial charge on any atom is 0.143 e. The van der Waals surface area contributed by atoms with Crippen LogP contribution < -0.4 is 14.8 Å². The molecule has 3 rings (SSSR count). The Kier molecular flexibility index (Phi) is 3.27. The van der Waals surface area contributed by atoms with Crippen molar-refractivity contribution in [2.75, 3.05) is 18.5 Å². The normalized spacial score (nSPS) is 17.0. The lowest BCUT2D eigenvalue weighted by Crippen LogP contribution is -2.23. The lowest BCUT2D eigenvalue weighted by molar-refractivity contribution is 0.210. The third-order valence-corrected chi connectivity index (χ3v) is 3.20. The number of ether oxygens (including phenoxy) is 2. The molecule has 1 unspecified atom stereocenters.